The number of nitrogens with one attached hydrogen (secondary N) is 1. The lowest BCUT2D eigenvalue weighted by Crippen LogP contribution is -2.34. The summed E-state index contributed by atoms with van der Waals surface area (Å²) in [6.45, 7) is 1.76. The van der Waals surface area contributed by atoms with Crippen molar-refractivity contribution in [1.29, 1.82) is 0 Å². The number of carbonyl (C=O) groups is 1. The number of nitrogens with zero attached hydrogens (tertiary/aromatic N) is 2. The molecule has 108 valence electrons. The summed E-state index contributed by atoms with van der Waals surface area (Å²) in [6, 6.07) is 5.83. The van der Waals surface area contributed by atoms with Gasteiger partial charge in [-0.1, -0.05) is 17.4 Å². The molecule has 0 aliphatic heterocycles. The van der Waals surface area contributed by atoms with Gasteiger partial charge in [0.25, 0.3) is 0 Å². The first-order chi connectivity index (χ1) is 9.25. The summed E-state index contributed by atoms with van der Waals surface area (Å²) in [6.07, 6.45) is 1.06. The van der Waals surface area contributed by atoms with Crippen LogP contribution in [-0.2, 0) is 14.8 Å². The normalized spacial score (nSPS) is 12.0. The minimum Gasteiger partial charge on any atom is -0.301 e. The van der Waals surface area contributed by atoms with Gasteiger partial charge >= 0.3 is 0 Å². The fourth-order valence-electron chi connectivity index (χ4n) is 1.56. The van der Waals surface area contributed by atoms with E-state index in [2.05, 4.69) is 10.3 Å². The zero-order valence-electron chi connectivity index (χ0n) is 11.4. The van der Waals surface area contributed by atoms with E-state index in [1.807, 2.05) is 25.1 Å². The van der Waals surface area contributed by atoms with E-state index in [1.165, 1.54) is 18.4 Å². The number of aryl methyl sites for hydroxylation is 1. The number of amides is 1. The van der Waals surface area contributed by atoms with Crippen molar-refractivity contribution in [3.05, 3.63) is 23.8 Å². The quantitative estimate of drug-likeness (QED) is 0.926. The molecule has 0 aliphatic rings. The van der Waals surface area contributed by atoms with Gasteiger partial charge in [-0.25, -0.2) is 13.4 Å². The van der Waals surface area contributed by atoms with Gasteiger partial charge in [-0.3, -0.25) is 4.79 Å². The van der Waals surface area contributed by atoms with E-state index < -0.39 is 15.9 Å². The van der Waals surface area contributed by atoms with Gasteiger partial charge < -0.3 is 5.32 Å². The van der Waals surface area contributed by atoms with Gasteiger partial charge in [-0.15, -0.1) is 0 Å². The summed E-state index contributed by atoms with van der Waals surface area (Å²) in [4.78, 5) is 16.0. The van der Waals surface area contributed by atoms with Crippen LogP contribution < -0.4 is 5.32 Å². The molecule has 0 bridgehead atoms. The molecule has 0 aliphatic carbocycles. The summed E-state index contributed by atoms with van der Waals surface area (Å²) >= 11 is 1.36. The number of fused-ring (bicyclic) bond motifs is 1. The molecule has 0 atom stereocenters. The number of hydrogen-bond donors (Lipinski definition) is 1. The molecule has 0 unspecified atom stereocenters. The van der Waals surface area contributed by atoms with Crippen LogP contribution >= 0.6 is 11.3 Å². The Bertz CT molecular complexity index is 752. The van der Waals surface area contributed by atoms with E-state index in [0.717, 1.165) is 26.3 Å². The number of rotatable bonds is 4. The summed E-state index contributed by atoms with van der Waals surface area (Å²) in [5.74, 6) is -0.409. The molecule has 2 aromatic rings. The highest BCUT2D eigenvalue weighted by Crippen LogP contribution is 2.26. The first-order valence-corrected chi connectivity index (χ1v) is 8.50. The van der Waals surface area contributed by atoms with Crippen LogP contribution in [0.3, 0.4) is 0 Å². The number of thiazole rings is 1. The lowest BCUT2D eigenvalue weighted by atomic mass is 10.2. The third-order valence-corrected chi connectivity index (χ3v) is 4.92. The lowest BCUT2D eigenvalue weighted by Gasteiger charge is -2.12. The van der Waals surface area contributed by atoms with Crippen LogP contribution in [0.1, 0.15) is 5.56 Å². The van der Waals surface area contributed by atoms with E-state index >= 15 is 0 Å². The van der Waals surface area contributed by atoms with Crippen molar-refractivity contribution in [1.82, 2.24) is 9.29 Å². The molecular formula is C12H15N3O3S2. The standard InChI is InChI=1S/C12H15N3O3S2/c1-8-4-5-9-10(6-8)19-12(13-9)14-11(16)7-15(2)20(3,17)18/h4-6H,7H2,1-3H3,(H,13,14,16). The Morgan fingerprint density at radius 2 is 2.15 bits per heavy atom. The molecule has 1 N–H and O–H groups in total. The average molecular weight is 313 g/mol. The van der Waals surface area contributed by atoms with Gasteiger partial charge in [-0.2, -0.15) is 4.31 Å². The predicted molar refractivity (Wildman–Crippen MR) is 80.5 cm³/mol. The molecule has 1 aromatic carbocycles. The van der Waals surface area contributed by atoms with Gasteiger partial charge in [0.2, 0.25) is 15.9 Å². The zero-order valence-corrected chi connectivity index (χ0v) is 13.0. The van der Waals surface area contributed by atoms with Gasteiger partial charge in [0.15, 0.2) is 5.13 Å². The molecule has 1 heterocycles. The summed E-state index contributed by atoms with van der Waals surface area (Å²) in [7, 11) is -2.01. The number of benzene rings is 1. The predicted octanol–water partition coefficient (Wildman–Crippen LogP) is 1.43. The Morgan fingerprint density at radius 3 is 2.80 bits per heavy atom. The van der Waals surface area contributed by atoms with E-state index in [0.29, 0.717) is 5.13 Å². The summed E-state index contributed by atoms with van der Waals surface area (Å²) < 4.78 is 24.4. The second kappa shape index (κ2) is 5.47. The van der Waals surface area contributed by atoms with Crippen molar-refractivity contribution in [3.63, 3.8) is 0 Å². The topological polar surface area (TPSA) is 79.4 Å². The highest BCUT2D eigenvalue weighted by molar-refractivity contribution is 7.88. The average Bonchev–Trinajstić information content (AvgIpc) is 2.68. The maximum absolute atomic E-state index is 11.8. The Morgan fingerprint density at radius 1 is 1.45 bits per heavy atom. The van der Waals surface area contributed by atoms with E-state index in [1.54, 1.807) is 0 Å². The van der Waals surface area contributed by atoms with Gasteiger partial charge in [-0.05, 0) is 24.6 Å². The van der Waals surface area contributed by atoms with Crippen LogP contribution in [0.2, 0.25) is 0 Å². The number of sulfonamides is 1. The van der Waals surface area contributed by atoms with Crippen molar-refractivity contribution in [2.75, 3.05) is 25.2 Å². The van der Waals surface area contributed by atoms with Crippen molar-refractivity contribution >= 4 is 42.6 Å². The SMILES string of the molecule is Cc1ccc2nc(NC(=O)CN(C)S(C)(=O)=O)sc2c1. The van der Waals surface area contributed by atoms with Crippen molar-refractivity contribution < 1.29 is 13.2 Å². The van der Waals surface area contributed by atoms with Gasteiger partial charge in [0, 0.05) is 7.05 Å². The monoisotopic (exact) mass is 313 g/mol. The first kappa shape index (κ1) is 14.9. The maximum Gasteiger partial charge on any atom is 0.241 e. The van der Waals surface area contributed by atoms with Crippen LogP contribution in [0.15, 0.2) is 18.2 Å². The molecule has 1 aromatic heterocycles. The number of anilines is 1. The molecular weight excluding hydrogens is 298 g/mol. The molecule has 0 saturated carbocycles. The maximum atomic E-state index is 11.8. The molecule has 1 amide bonds. The Labute approximate surface area is 121 Å². The van der Waals surface area contributed by atoms with Crippen molar-refractivity contribution in [2.45, 2.75) is 6.92 Å². The molecule has 0 radical (unpaired) electrons. The number of carbonyl (C=O) groups excluding carboxylic acids is 1. The second-order valence-corrected chi connectivity index (χ2v) is 7.68. The fourth-order valence-corrected chi connectivity index (χ4v) is 2.90. The Kier molecular flexibility index (Phi) is 4.07. The smallest absolute Gasteiger partial charge is 0.241 e. The number of aromatic nitrogens is 1. The third kappa shape index (κ3) is 3.53. The zero-order chi connectivity index (χ0) is 14.9. The van der Waals surface area contributed by atoms with Crippen molar-refractivity contribution in [3.8, 4) is 0 Å². The molecule has 0 saturated heterocycles. The third-order valence-electron chi connectivity index (χ3n) is 2.72. The largest absolute Gasteiger partial charge is 0.301 e. The molecule has 20 heavy (non-hydrogen) atoms. The summed E-state index contributed by atoms with van der Waals surface area (Å²) in [5.41, 5.74) is 1.93. The first-order valence-electron chi connectivity index (χ1n) is 5.84. The van der Waals surface area contributed by atoms with Crippen molar-refractivity contribution in [2.24, 2.45) is 0 Å². The molecule has 0 fully saturated rings. The Hall–Kier alpha value is -1.51. The minimum atomic E-state index is -3.36. The highest BCUT2D eigenvalue weighted by atomic mass is 32.2. The summed E-state index contributed by atoms with van der Waals surface area (Å²) in [5, 5.41) is 3.09. The minimum absolute atomic E-state index is 0.228. The molecule has 2 rings (SSSR count). The van der Waals surface area contributed by atoms with Crippen LogP contribution in [0.4, 0.5) is 5.13 Å². The molecule has 6 nitrogen and oxygen atoms in total. The molecule has 0 spiro atoms. The van der Waals surface area contributed by atoms with Crippen LogP contribution in [-0.4, -0.2) is 43.5 Å². The van der Waals surface area contributed by atoms with E-state index in [9.17, 15) is 13.2 Å². The Balaban J connectivity index is 2.10. The second-order valence-electron chi connectivity index (χ2n) is 4.56. The van der Waals surface area contributed by atoms with Crippen LogP contribution in [0.5, 0.6) is 0 Å². The number of hydrogen-bond acceptors (Lipinski definition) is 5. The lowest BCUT2D eigenvalue weighted by molar-refractivity contribution is -0.116. The van der Waals surface area contributed by atoms with Crippen LogP contribution in [0.25, 0.3) is 10.2 Å². The molecule has 8 heteroatoms. The van der Waals surface area contributed by atoms with Gasteiger partial charge in [0.1, 0.15) is 0 Å². The van der Waals surface area contributed by atoms with Gasteiger partial charge in [0.05, 0.1) is 23.0 Å². The highest BCUT2D eigenvalue weighted by Gasteiger charge is 2.16. The van der Waals surface area contributed by atoms with Crippen LogP contribution in [0, 0.1) is 6.92 Å². The van der Waals surface area contributed by atoms with E-state index in [4.69, 9.17) is 0 Å². The fraction of sp³-hybridized carbons (Fsp3) is 0.333. The number of likely N-dealkylation sites (N-methyl/N-ethyl adjacent to an activating group) is 1. The van der Waals surface area contributed by atoms with E-state index in [-0.39, 0.29) is 6.54 Å².